The molecule has 57 valence electrons. The first-order valence-electron chi connectivity index (χ1n) is 3.20. The van der Waals surface area contributed by atoms with E-state index in [4.69, 9.17) is 10.8 Å². The molecule has 1 aromatic rings. The van der Waals surface area contributed by atoms with E-state index in [-0.39, 0.29) is 6.61 Å². The van der Waals surface area contributed by atoms with Crippen LogP contribution in [0.1, 0.15) is 15.9 Å². The molecule has 3 heteroatoms. The number of hydrogen-bond acceptors (Lipinski definition) is 2. The van der Waals surface area contributed by atoms with Crippen molar-refractivity contribution in [2.75, 3.05) is 0 Å². The zero-order valence-electron chi connectivity index (χ0n) is 5.87. The van der Waals surface area contributed by atoms with Crippen molar-refractivity contribution in [2.24, 2.45) is 0 Å². The van der Waals surface area contributed by atoms with Crippen molar-refractivity contribution in [3.63, 3.8) is 0 Å². The molecule has 2 N–H and O–H groups in total. The molecule has 0 atom stereocenters. The average Bonchev–Trinajstić information content (AvgIpc) is 2.05. The Morgan fingerprint density at radius 3 is 2.27 bits per heavy atom. The third kappa shape index (κ3) is 1.78. The molecular weight excluding hydrogens is 142 g/mol. The summed E-state index contributed by atoms with van der Waals surface area (Å²) in [6.07, 6.45) is 0. The van der Waals surface area contributed by atoms with E-state index < -0.39 is 5.91 Å². The largest absolute Gasteiger partial charge is 0.392 e. The topological polar surface area (TPSA) is 61.1 Å². The SMILES string of the molecule is [NH]C(=O)c1ccc(CO)cc1. The number of rotatable bonds is 2. The molecule has 3 nitrogen and oxygen atoms in total. The Bertz CT molecular complexity index is 253. The van der Waals surface area contributed by atoms with Crippen molar-refractivity contribution >= 4 is 5.91 Å². The van der Waals surface area contributed by atoms with E-state index >= 15 is 0 Å². The van der Waals surface area contributed by atoms with Gasteiger partial charge in [0.25, 0.3) is 5.91 Å². The Balaban J connectivity index is 2.91. The molecule has 0 aliphatic carbocycles. The Kier molecular flexibility index (Phi) is 2.23. The van der Waals surface area contributed by atoms with Gasteiger partial charge in [0, 0.05) is 5.56 Å². The predicted octanol–water partition coefficient (Wildman–Crippen LogP) is 0.602. The van der Waals surface area contributed by atoms with Crippen LogP contribution in [0.5, 0.6) is 0 Å². The van der Waals surface area contributed by atoms with Crippen LogP contribution < -0.4 is 5.73 Å². The lowest BCUT2D eigenvalue weighted by atomic mass is 10.1. The first kappa shape index (κ1) is 7.75. The second kappa shape index (κ2) is 3.16. The maximum atomic E-state index is 10.4. The van der Waals surface area contributed by atoms with E-state index in [0.717, 1.165) is 5.56 Å². The van der Waals surface area contributed by atoms with Gasteiger partial charge in [-0.05, 0) is 17.7 Å². The van der Waals surface area contributed by atoms with E-state index in [9.17, 15) is 4.79 Å². The number of aliphatic hydroxyl groups is 1. The molecule has 0 heterocycles. The quantitative estimate of drug-likeness (QED) is 0.671. The van der Waals surface area contributed by atoms with Crippen LogP contribution in [-0.4, -0.2) is 11.0 Å². The molecule has 0 unspecified atom stereocenters. The molecular formula is C8H8NO2. The van der Waals surface area contributed by atoms with Crippen LogP contribution in [0.2, 0.25) is 0 Å². The number of hydrogen-bond donors (Lipinski definition) is 1. The van der Waals surface area contributed by atoms with Crippen molar-refractivity contribution in [3.8, 4) is 0 Å². The van der Waals surface area contributed by atoms with Crippen molar-refractivity contribution in [2.45, 2.75) is 6.61 Å². The van der Waals surface area contributed by atoms with Gasteiger partial charge in [0.05, 0.1) is 6.61 Å². The summed E-state index contributed by atoms with van der Waals surface area (Å²) in [5, 5.41) is 8.64. The predicted molar refractivity (Wildman–Crippen MR) is 39.8 cm³/mol. The third-order valence-electron chi connectivity index (χ3n) is 1.40. The van der Waals surface area contributed by atoms with Crippen LogP contribution in [0.4, 0.5) is 0 Å². The number of amides is 1. The second-order valence-electron chi connectivity index (χ2n) is 2.18. The van der Waals surface area contributed by atoms with Crippen LogP contribution in [0.25, 0.3) is 0 Å². The highest BCUT2D eigenvalue weighted by Gasteiger charge is 1.98. The lowest BCUT2D eigenvalue weighted by Gasteiger charge is -1.95. The van der Waals surface area contributed by atoms with Crippen LogP contribution in [0.15, 0.2) is 24.3 Å². The number of aliphatic hydroxyl groups excluding tert-OH is 1. The summed E-state index contributed by atoms with van der Waals surface area (Å²) in [4.78, 5) is 10.4. The zero-order chi connectivity index (χ0) is 8.27. The molecule has 11 heavy (non-hydrogen) atoms. The molecule has 1 radical (unpaired) electrons. The molecule has 0 bridgehead atoms. The Morgan fingerprint density at radius 1 is 1.36 bits per heavy atom. The van der Waals surface area contributed by atoms with E-state index in [2.05, 4.69) is 0 Å². The minimum Gasteiger partial charge on any atom is -0.392 e. The van der Waals surface area contributed by atoms with Crippen LogP contribution in [-0.2, 0) is 6.61 Å². The highest BCUT2D eigenvalue weighted by molar-refractivity contribution is 5.92. The van der Waals surface area contributed by atoms with Gasteiger partial charge in [-0.25, -0.2) is 0 Å². The van der Waals surface area contributed by atoms with Crippen LogP contribution >= 0.6 is 0 Å². The lowest BCUT2D eigenvalue weighted by molar-refractivity contribution is 0.0992. The van der Waals surface area contributed by atoms with Crippen molar-refractivity contribution in [1.82, 2.24) is 5.73 Å². The maximum Gasteiger partial charge on any atom is 0.269 e. The van der Waals surface area contributed by atoms with Crippen LogP contribution in [0, 0.1) is 0 Å². The van der Waals surface area contributed by atoms with Gasteiger partial charge in [-0.1, -0.05) is 12.1 Å². The molecule has 0 aromatic heterocycles. The van der Waals surface area contributed by atoms with Gasteiger partial charge in [0.15, 0.2) is 0 Å². The minimum absolute atomic E-state index is 0.0352. The van der Waals surface area contributed by atoms with Gasteiger partial charge in [0.1, 0.15) is 0 Å². The fraction of sp³-hybridized carbons (Fsp3) is 0.125. The highest BCUT2D eigenvalue weighted by Crippen LogP contribution is 2.03. The number of carbonyl (C=O) groups is 1. The van der Waals surface area contributed by atoms with E-state index in [1.807, 2.05) is 0 Å². The highest BCUT2D eigenvalue weighted by atomic mass is 16.3. The summed E-state index contributed by atoms with van der Waals surface area (Å²) in [7, 11) is 0. The molecule has 1 aromatic carbocycles. The molecule has 0 saturated heterocycles. The van der Waals surface area contributed by atoms with Gasteiger partial charge in [-0.15, -0.1) is 0 Å². The van der Waals surface area contributed by atoms with Gasteiger partial charge >= 0.3 is 0 Å². The molecule has 0 aliphatic heterocycles. The van der Waals surface area contributed by atoms with Gasteiger partial charge in [-0.2, -0.15) is 0 Å². The van der Waals surface area contributed by atoms with Crippen molar-refractivity contribution in [1.29, 1.82) is 0 Å². The van der Waals surface area contributed by atoms with Crippen molar-refractivity contribution < 1.29 is 9.90 Å². The van der Waals surface area contributed by atoms with Gasteiger partial charge in [-0.3, -0.25) is 10.5 Å². The molecule has 0 spiro atoms. The molecule has 1 amide bonds. The number of nitrogens with one attached hydrogen (secondary N) is 1. The lowest BCUT2D eigenvalue weighted by Crippen LogP contribution is -1.98. The standard InChI is InChI=1S/C8H8NO2/c9-8(11)7-3-1-6(5-10)2-4-7/h1-4,9-10H,5H2. The first-order valence-corrected chi connectivity index (χ1v) is 3.20. The average molecular weight is 150 g/mol. The first-order chi connectivity index (χ1) is 5.24. The summed E-state index contributed by atoms with van der Waals surface area (Å²) < 4.78 is 0. The monoisotopic (exact) mass is 150 g/mol. The second-order valence-corrected chi connectivity index (χ2v) is 2.18. The number of benzene rings is 1. The summed E-state index contributed by atoms with van der Waals surface area (Å²) in [5.74, 6) is -0.700. The minimum atomic E-state index is -0.700. The fourth-order valence-electron chi connectivity index (χ4n) is 0.762. The Morgan fingerprint density at radius 2 is 1.91 bits per heavy atom. The van der Waals surface area contributed by atoms with Crippen molar-refractivity contribution in [3.05, 3.63) is 35.4 Å². The Labute approximate surface area is 64.5 Å². The molecule has 0 aliphatic rings. The third-order valence-corrected chi connectivity index (χ3v) is 1.40. The smallest absolute Gasteiger partial charge is 0.269 e. The summed E-state index contributed by atoms with van der Waals surface area (Å²) >= 11 is 0. The maximum absolute atomic E-state index is 10.4. The molecule has 0 saturated carbocycles. The van der Waals surface area contributed by atoms with Gasteiger partial charge < -0.3 is 5.11 Å². The van der Waals surface area contributed by atoms with E-state index in [0.29, 0.717) is 5.56 Å². The van der Waals surface area contributed by atoms with Crippen LogP contribution in [0.3, 0.4) is 0 Å². The normalized spacial score (nSPS) is 9.55. The molecule has 0 fully saturated rings. The summed E-state index contributed by atoms with van der Waals surface area (Å²) in [6, 6.07) is 6.31. The van der Waals surface area contributed by atoms with Gasteiger partial charge in [0.2, 0.25) is 0 Å². The Hall–Kier alpha value is -1.35. The molecule has 1 rings (SSSR count). The zero-order valence-corrected chi connectivity index (χ0v) is 5.87. The van der Waals surface area contributed by atoms with E-state index in [1.54, 1.807) is 12.1 Å². The van der Waals surface area contributed by atoms with E-state index in [1.165, 1.54) is 12.1 Å². The fourth-order valence-corrected chi connectivity index (χ4v) is 0.762. The summed E-state index contributed by atoms with van der Waals surface area (Å²) in [6.45, 7) is -0.0352. The summed E-state index contributed by atoms with van der Waals surface area (Å²) in [5.41, 5.74) is 7.84. The number of carbonyl (C=O) groups excluding carboxylic acids is 1.